The Bertz CT molecular complexity index is 687. The number of carbonyl (C=O) groups is 2. The second kappa shape index (κ2) is 7.27. The number of hydrogen-bond acceptors (Lipinski definition) is 5. The number of aromatic nitrogens is 1. The van der Waals surface area contributed by atoms with E-state index in [-0.39, 0.29) is 29.5 Å². The van der Waals surface area contributed by atoms with Crippen LogP contribution in [0.25, 0.3) is 0 Å². The molecule has 1 aliphatic rings. The third-order valence-corrected chi connectivity index (χ3v) is 4.17. The van der Waals surface area contributed by atoms with Crippen molar-refractivity contribution in [3.8, 4) is 0 Å². The van der Waals surface area contributed by atoms with Crippen LogP contribution >= 0.6 is 0 Å². The second-order valence-corrected chi connectivity index (χ2v) is 5.83. The van der Waals surface area contributed by atoms with E-state index >= 15 is 0 Å². The highest BCUT2D eigenvalue weighted by Crippen LogP contribution is 2.20. The van der Waals surface area contributed by atoms with Crippen LogP contribution in [0.5, 0.6) is 0 Å². The molecular weight excluding hydrogens is 308 g/mol. The van der Waals surface area contributed by atoms with Gasteiger partial charge in [0.1, 0.15) is 0 Å². The Kier molecular flexibility index (Phi) is 4.90. The van der Waals surface area contributed by atoms with Gasteiger partial charge in [-0.3, -0.25) is 19.5 Å². The van der Waals surface area contributed by atoms with Gasteiger partial charge in [-0.05, 0) is 23.8 Å². The standard InChI is InChI=1S/C17H20N4O3/c1-18-16(22)13-10-21(9-12-4-2-6-19-8-12)11-14(13)20-17(23)15-5-3-7-24-15/h2-8,13-14H,9-11H2,1H3,(H,18,22)(H,20,23). The van der Waals surface area contributed by atoms with Crippen molar-refractivity contribution in [2.45, 2.75) is 12.6 Å². The minimum Gasteiger partial charge on any atom is -0.459 e. The highest BCUT2D eigenvalue weighted by molar-refractivity contribution is 5.92. The lowest BCUT2D eigenvalue weighted by Gasteiger charge is -2.17. The minimum absolute atomic E-state index is 0.0755. The Labute approximate surface area is 140 Å². The topological polar surface area (TPSA) is 87.5 Å². The molecule has 2 unspecified atom stereocenters. The first-order chi connectivity index (χ1) is 11.7. The smallest absolute Gasteiger partial charge is 0.287 e. The van der Waals surface area contributed by atoms with Crippen molar-refractivity contribution in [3.05, 3.63) is 54.2 Å². The van der Waals surface area contributed by atoms with Crippen molar-refractivity contribution >= 4 is 11.8 Å². The molecule has 0 saturated carbocycles. The van der Waals surface area contributed by atoms with Crippen LogP contribution in [0.15, 0.2) is 47.3 Å². The van der Waals surface area contributed by atoms with Gasteiger partial charge in [-0.1, -0.05) is 6.07 Å². The molecule has 7 nitrogen and oxygen atoms in total. The summed E-state index contributed by atoms with van der Waals surface area (Å²) in [6.45, 7) is 1.87. The minimum atomic E-state index is -0.304. The van der Waals surface area contributed by atoms with Crippen LogP contribution < -0.4 is 10.6 Å². The third-order valence-electron chi connectivity index (χ3n) is 4.17. The number of nitrogens with one attached hydrogen (secondary N) is 2. The average Bonchev–Trinajstić information content (AvgIpc) is 3.25. The van der Waals surface area contributed by atoms with Gasteiger partial charge >= 0.3 is 0 Å². The summed E-state index contributed by atoms with van der Waals surface area (Å²) in [7, 11) is 1.61. The van der Waals surface area contributed by atoms with E-state index in [1.54, 1.807) is 25.4 Å². The monoisotopic (exact) mass is 328 g/mol. The molecule has 1 fully saturated rings. The molecule has 7 heteroatoms. The molecule has 0 aromatic carbocycles. The molecule has 2 amide bonds. The molecular formula is C17H20N4O3. The van der Waals surface area contributed by atoms with Crippen LogP contribution in [-0.4, -0.2) is 47.9 Å². The normalized spacial score (nSPS) is 20.7. The van der Waals surface area contributed by atoms with Gasteiger partial charge in [0, 0.05) is 39.1 Å². The molecule has 1 saturated heterocycles. The summed E-state index contributed by atoms with van der Waals surface area (Å²) in [4.78, 5) is 30.6. The number of amides is 2. The Morgan fingerprint density at radius 3 is 2.88 bits per heavy atom. The van der Waals surface area contributed by atoms with Crippen LogP contribution in [0, 0.1) is 5.92 Å². The fraction of sp³-hybridized carbons (Fsp3) is 0.353. The molecule has 0 spiro atoms. The van der Waals surface area contributed by atoms with E-state index in [2.05, 4.69) is 20.5 Å². The second-order valence-electron chi connectivity index (χ2n) is 5.83. The Morgan fingerprint density at radius 1 is 1.33 bits per heavy atom. The van der Waals surface area contributed by atoms with E-state index in [0.29, 0.717) is 19.6 Å². The van der Waals surface area contributed by atoms with E-state index in [9.17, 15) is 9.59 Å². The summed E-state index contributed by atoms with van der Waals surface area (Å²) in [5.41, 5.74) is 1.08. The number of rotatable bonds is 5. The summed E-state index contributed by atoms with van der Waals surface area (Å²) < 4.78 is 5.12. The van der Waals surface area contributed by atoms with E-state index in [0.717, 1.165) is 5.56 Å². The third kappa shape index (κ3) is 3.62. The van der Waals surface area contributed by atoms with Gasteiger partial charge in [0.25, 0.3) is 5.91 Å². The van der Waals surface area contributed by atoms with E-state index in [1.165, 1.54) is 6.26 Å². The van der Waals surface area contributed by atoms with Gasteiger partial charge in [-0.2, -0.15) is 0 Å². The zero-order valence-electron chi connectivity index (χ0n) is 13.4. The van der Waals surface area contributed by atoms with Crippen molar-refractivity contribution in [3.63, 3.8) is 0 Å². The zero-order valence-corrected chi connectivity index (χ0v) is 13.4. The molecule has 3 heterocycles. The largest absolute Gasteiger partial charge is 0.459 e. The Balaban J connectivity index is 1.68. The number of hydrogen-bond donors (Lipinski definition) is 2. The van der Waals surface area contributed by atoms with E-state index in [4.69, 9.17) is 4.42 Å². The van der Waals surface area contributed by atoms with Crippen molar-refractivity contribution < 1.29 is 14.0 Å². The number of nitrogens with zero attached hydrogens (tertiary/aromatic N) is 2. The summed E-state index contributed by atoms with van der Waals surface area (Å²) >= 11 is 0. The molecule has 1 aliphatic heterocycles. The maximum absolute atomic E-state index is 12.2. The molecule has 2 aromatic heterocycles. The van der Waals surface area contributed by atoms with Crippen LogP contribution in [0.1, 0.15) is 16.1 Å². The average molecular weight is 328 g/mol. The molecule has 0 aliphatic carbocycles. The Hall–Kier alpha value is -2.67. The summed E-state index contributed by atoms with van der Waals surface area (Å²) in [5, 5.41) is 5.59. The van der Waals surface area contributed by atoms with Gasteiger partial charge < -0.3 is 15.1 Å². The van der Waals surface area contributed by atoms with Gasteiger partial charge in [0.05, 0.1) is 18.2 Å². The number of carbonyl (C=O) groups excluding carboxylic acids is 2. The lowest BCUT2D eigenvalue weighted by Crippen LogP contribution is -2.45. The first kappa shape index (κ1) is 16.2. The van der Waals surface area contributed by atoms with Crippen LogP contribution in [0.4, 0.5) is 0 Å². The number of likely N-dealkylation sites (tertiary alicyclic amines) is 1. The predicted octanol–water partition coefficient (Wildman–Crippen LogP) is 0.651. The van der Waals surface area contributed by atoms with Gasteiger partial charge in [0.15, 0.2) is 5.76 Å². The van der Waals surface area contributed by atoms with Crippen LogP contribution in [0.2, 0.25) is 0 Å². The van der Waals surface area contributed by atoms with Crippen LogP contribution in [0.3, 0.4) is 0 Å². The van der Waals surface area contributed by atoms with Gasteiger partial charge in [-0.25, -0.2) is 0 Å². The molecule has 0 bridgehead atoms. The highest BCUT2D eigenvalue weighted by atomic mass is 16.3. The van der Waals surface area contributed by atoms with E-state index < -0.39 is 0 Å². The van der Waals surface area contributed by atoms with Crippen molar-refractivity contribution in [2.24, 2.45) is 5.92 Å². The molecule has 3 rings (SSSR count). The first-order valence-electron chi connectivity index (χ1n) is 7.84. The number of furan rings is 1. The molecule has 0 radical (unpaired) electrons. The highest BCUT2D eigenvalue weighted by Gasteiger charge is 2.38. The summed E-state index contributed by atoms with van der Waals surface area (Å²) in [6, 6.07) is 6.88. The maximum Gasteiger partial charge on any atom is 0.287 e. The van der Waals surface area contributed by atoms with Crippen LogP contribution in [-0.2, 0) is 11.3 Å². The molecule has 126 valence electrons. The van der Waals surface area contributed by atoms with Crippen molar-refractivity contribution in [1.29, 1.82) is 0 Å². The van der Waals surface area contributed by atoms with Gasteiger partial charge in [0.2, 0.25) is 5.91 Å². The lowest BCUT2D eigenvalue weighted by atomic mass is 10.0. The Morgan fingerprint density at radius 2 is 2.21 bits per heavy atom. The predicted molar refractivity (Wildman–Crippen MR) is 87.0 cm³/mol. The molecule has 2 atom stereocenters. The SMILES string of the molecule is CNC(=O)C1CN(Cc2cccnc2)CC1NC(=O)c1ccco1. The molecule has 24 heavy (non-hydrogen) atoms. The quantitative estimate of drug-likeness (QED) is 0.841. The zero-order chi connectivity index (χ0) is 16.9. The fourth-order valence-corrected chi connectivity index (χ4v) is 3.01. The molecule has 2 N–H and O–H groups in total. The number of pyridine rings is 1. The van der Waals surface area contributed by atoms with Crippen molar-refractivity contribution in [1.82, 2.24) is 20.5 Å². The van der Waals surface area contributed by atoms with E-state index in [1.807, 2.05) is 18.3 Å². The molecule has 2 aromatic rings. The fourth-order valence-electron chi connectivity index (χ4n) is 3.01. The summed E-state index contributed by atoms with van der Waals surface area (Å²) in [6.07, 6.45) is 4.99. The van der Waals surface area contributed by atoms with Gasteiger partial charge in [-0.15, -0.1) is 0 Å². The first-order valence-corrected chi connectivity index (χ1v) is 7.84. The van der Waals surface area contributed by atoms with Crippen molar-refractivity contribution in [2.75, 3.05) is 20.1 Å². The maximum atomic E-state index is 12.2. The lowest BCUT2D eigenvalue weighted by molar-refractivity contribution is -0.124. The summed E-state index contributed by atoms with van der Waals surface area (Å²) in [5.74, 6) is -0.433.